The number of nitriles is 1. The predicted molar refractivity (Wildman–Crippen MR) is 179 cm³/mol. The van der Waals surface area contributed by atoms with Gasteiger partial charge in [0.25, 0.3) is 5.56 Å². The van der Waals surface area contributed by atoms with Gasteiger partial charge in [-0.15, -0.1) is 0 Å². The fraction of sp³-hybridized carbons (Fsp3) is 0.459. The second kappa shape index (κ2) is 13.9. The van der Waals surface area contributed by atoms with Gasteiger partial charge in [0.05, 0.1) is 29.3 Å². The molecule has 2 fully saturated rings. The van der Waals surface area contributed by atoms with Crippen molar-refractivity contribution in [2.75, 3.05) is 18.0 Å². The fourth-order valence-electron chi connectivity index (χ4n) is 7.10. The monoisotopic (exact) mass is 638 g/mol. The van der Waals surface area contributed by atoms with Gasteiger partial charge in [0.2, 0.25) is 6.29 Å². The molecule has 0 bridgehead atoms. The average molecular weight is 639 g/mol. The van der Waals surface area contributed by atoms with Crippen LogP contribution < -0.4 is 10.5 Å². The lowest BCUT2D eigenvalue weighted by Gasteiger charge is -2.34. The van der Waals surface area contributed by atoms with Crippen molar-refractivity contribution in [2.24, 2.45) is 13.0 Å². The smallest absolute Gasteiger partial charge is 0.431 e. The van der Waals surface area contributed by atoms with E-state index < -0.39 is 18.4 Å². The van der Waals surface area contributed by atoms with Gasteiger partial charge in [-0.2, -0.15) is 5.26 Å². The molecule has 1 aliphatic carbocycles. The van der Waals surface area contributed by atoms with E-state index in [2.05, 4.69) is 17.9 Å². The largest absolute Gasteiger partial charge is 0.511 e. The maximum atomic E-state index is 14.0. The van der Waals surface area contributed by atoms with E-state index in [0.717, 1.165) is 80.2 Å². The van der Waals surface area contributed by atoms with Crippen LogP contribution >= 0.6 is 0 Å². The van der Waals surface area contributed by atoms with Crippen LogP contribution in [-0.2, 0) is 27.8 Å². The van der Waals surface area contributed by atoms with Crippen molar-refractivity contribution in [1.29, 1.82) is 5.26 Å². The first-order chi connectivity index (χ1) is 22.8. The molecule has 1 saturated carbocycles. The van der Waals surface area contributed by atoms with Crippen LogP contribution in [0.5, 0.6) is 0 Å². The van der Waals surface area contributed by atoms with Gasteiger partial charge in [-0.05, 0) is 80.3 Å². The molecule has 0 spiro atoms. The zero-order chi connectivity index (χ0) is 33.1. The van der Waals surface area contributed by atoms with Gasteiger partial charge in [-0.25, -0.2) is 9.59 Å². The van der Waals surface area contributed by atoms with E-state index in [9.17, 15) is 19.6 Å². The molecule has 2 aliphatic rings. The highest BCUT2D eigenvalue weighted by molar-refractivity contribution is 6.09. The van der Waals surface area contributed by atoms with E-state index in [4.69, 9.17) is 14.2 Å². The van der Waals surface area contributed by atoms with Crippen molar-refractivity contribution >= 4 is 39.7 Å². The lowest BCUT2D eigenvalue weighted by atomic mass is 9.96. The van der Waals surface area contributed by atoms with Gasteiger partial charge in [-0.3, -0.25) is 4.79 Å². The minimum atomic E-state index is -1.15. The number of benzene rings is 2. The number of rotatable bonds is 8. The number of aryl methyl sites for hydroxylation is 1. The Kier molecular flexibility index (Phi) is 9.53. The molecule has 0 N–H and O–H groups in total. The lowest BCUT2D eigenvalue weighted by Crippen LogP contribution is -2.36. The van der Waals surface area contributed by atoms with Crippen molar-refractivity contribution < 1.29 is 23.8 Å². The second-order valence-corrected chi connectivity index (χ2v) is 12.8. The summed E-state index contributed by atoms with van der Waals surface area (Å²) in [5, 5.41) is 11.3. The summed E-state index contributed by atoms with van der Waals surface area (Å²) in [6, 6.07) is 16.9. The van der Waals surface area contributed by atoms with Crippen LogP contribution in [-0.4, -0.2) is 46.7 Å². The summed E-state index contributed by atoms with van der Waals surface area (Å²) >= 11 is 0. The summed E-state index contributed by atoms with van der Waals surface area (Å²) in [5.41, 5.74) is 2.67. The molecule has 10 heteroatoms. The number of carbonyl (C=O) groups excluding carboxylic acids is 2. The number of esters is 1. The molecule has 2 aromatic heterocycles. The number of carbonyl (C=O) groups is 2. The second-order valence-electron chi connectivity index (χ2n) is 12.8. The molecule has 2 atom stereocenters. The third kappa shape index (κ3) is 6.71. The molecule has 1 unspecified atom stereocenters. The molecule has 2 aromatic carbocycles. The Hall–Kier alpha value is -4.78. The molecular formula is C37H42N4O6. The Morgan fingerprint density at radius 2 is 1.79 bits per heavy atom. The van der Waals surface area contributed by atoms with Gasteiger partial charge in [0.15, 0.2) is 0 Å². The van der Waals surface area contributed by atoms with Gasteiger partial charge in [0.1, 0.15) is 17.4 Å². The number of anilines is 1. The SMILES string of the molecule is CC[C@@H]1CCCN(c2cc3c4cc(C(=O)OC(C)OC(=O)OC5CCCCC5)ccc4n(C)c(=O)c3n2Cc2ccccc2C#N)C1. The molecule has 4 aromatic rings. The van der Waals surface area contributed by atoms with Crippen LogP contribution in [0.15, 0.2) is 53.3 Å². The summed E-state index contributed by atoms with van der Waals surface area (Å²) in [6.07, 6.45) is 5.91. The zero-order valence-corrected chi connectivity index (χ0v) is 27.4. The highest BCUT2D eigenvalue weighted by atomic mass is 16.8. The summed E-state index contributed by atoms with van der Waals surface area (Å²) in [6.45, 7) is 5.79. The Morgan fingerprint density at radius 1 is 1.00 bits per heavy atom. The van der Waals surface area contributed by atoms with E-state index in [1.165, 1.54) is 13.3 Å². The van der Waals surface area contributed by atoms with Gasteiger partial charge in [-0.1, -0.05) is 38.0 Å². The van der Waals surface area contributed by atoms with Gasteiger partial charge in [0, 0.05) is 37.8 Å². The Bertz CT molecular complexity index is 1900. The number of nitrogens with zero attached hydrogens (tertiary/aromatic N) is 4. The lowest BCUT2D eigenvalue weighted by molar-refractivity contribution is -0.0914. The normalized spacial score (nSPS) is 17.7. The summed E-state index contributed by atoms with van der Waals surface area (Å²) in [4.78, 5) is 42.0. The molecule has 3 heterocycles. The molecule has 6 rings (SSSR count). The molecule has 0 amide bonds. The zero-order valence-electron chi connectivity index (χ0n) is 27.4. The first kappa shape index (κ1) is 32.2. The van der Waals surface area contributed by atoms with Crippen LogP contribution in [0.25, 0.3) is 21.8 Å². The van der Waals surface area contributed by atoms with E-state index in [-0.39, 0.29) is 17.2 Å². The number of piperidine rings is 1. The van der Waals surface area contributed by atoms with Crippen LogP contribution in [0.1, 0.15) is 86.7 Å². The summed E-state index contributed by atoms with van der Waals surface area (Å²) < 4.78 is 19.8. The Labute approximate surface area is 274 Å². The highest BCUT2D eigenvalue weighted by Crippen LogP contribution is 2.34. The number of pyridine rings is 1. The molecule has 0 radical (unpaired) electrons. The molecule has 1 aliphatic heterocycles. The van der Waals surface area contributed by atoms with Gasteiger partial charge >= 0.3 is 12.1 Å². The number of hydrogen-bond acceptors (Lipinski definition) is 8. The van der Waals surface area contributed by atoms with Crippen LogP contribution in [0, 0.1) is 17.2 Å². The van der Waals surface area contributed by atoms with Crippen molar-refractivity contribution in [3.63, 3.8) is 0 Å². The van der Waals surface area contributed by atoms with Crippen molar-refractivity contribution in [2.45, 2.75) is 84.2 Å². The van der Waals surface area contributed by atoms with Crippen molar-refractivity contribution in [1.82, 2.24) is 9.13 Å². The van der Waals surface area contributed by atoms with Gasteiger partial charge < -0.3 is 28.2 Å². The minimum absolute atomic E-state index is 0.161. The van der Waals surface area contributed by atoms with Crippen LogP contribution in [0.3, 0.4) is 0 Å². The number of hydrogen-bond donors (Lipinski definition) is 0. The standard InChI is InChI=1S/C37H42N4O6/c1-4-25-11-10-18-40(22-25)33-20-31-30-19-26(36(43)45-24(2)46-37(44)47-29-14-6-5-7-15-29)16-17-32(30)39(3)35(42)34(31)41(33)23-28-13-9-8-12-27(28)21-38/h8-9,12-13,16-17,19-20,24-25,29H,4-7,10-11,14-15,18,22-23H2,1-3H3/t24?,25-/m1/s1. The number of aromatic nitrogens is 2. The van der Waals surface area contributed by atoms with Crippen molar-refractivity contribution in [3.05, 3.63) is 75.6 Å². The molecule has 47 heavy (non-hydrogen) atoms. The van der Waals surface area contributed by atoms with E-state index in [1.54, 1.807) is 35.9 Å². The third-order valence-electron chi connectivity index (χ3n) is 9.70. The third-order valence-corrected chi connectivity index (χ3v) is 9.70. The number of ether oxygens (including phenoxy) is 3. The molecule has 246 valence electrons. The maximum Gasteiger partial charge on any atom is 0.511 e. The Balaban J connectivity index is 1.37. The fourth-order valence-corrected chi connectivity index (χ4v) is 7.10. The highest BCUT2D eigenvalue weighted by Gasteiger charge is 2.27. The quantitative estimate of drug-likeness (QED) is 0.149. The first-order valence-corrected chi connectivity index (χ1v) is 16.7. The molecule has 1 saturated heterocycles. The predicted octanol–water partition coefficient (Wildman–Crippen LogP) is 7.03. The molecule has 10 nitrogen and oxygen atoms in total. The average Bonchev–Trinajstić information content (AvgIpc) is 3.46. The van der Waals surface area contributed by atoms with Crippen LogP contribution in [0.2, 0.25) is 0 Å². The number of fused-ring (bicyclic) bond motifs is 3. The van der Waals surface area contributed by atoms with E-state index in [0.29, 0.717) is 29.1 Å². The van der Waals surface area contributed by atoms with Crippen molar-refractivity contribution in [3.8, 4) is 6.07 Å². The summed E-state index contributed by atoms with van der Waals surface area (Å²) in [7, 11) is 1.73. The maximum absolute atomic E-state index is 14.0. The van der Waals surface area contributed by atoms with E-state index in [1.807, 2.05) is 28.8 Å². The first-order valence-electron chi connectivity index (χ1n) is 16.7. The minimum Gasteiger partial charge on any atom is -0.431 e. The molecular weight excluding hydrogens is 596 g/mol. The summed E-state index contributed by atoms with van der Waals surface area (Å²) in [5.74, 6) is 0.810. The Morgan fingerprint density at radius 3 is 2.55 bits per heavy atom. The van der Waals surface area contributed by atoms with E-state index >= 15 is 0 Å². The van der Waals surface area contributed by atoms with Crippen LogP contribution in [0.4, 0.5) is 10.6 Å². The topological polar surface area (TPSA) is 116 Å².